The minimum Gasteiger partial charge on any atom is -0.299 e. The fourth-order valence-corrected chi connectivity index (χ4v) is 2.47. The van der Waals surface area contributed by atoms with E-state index in [0.717, 1.165) is 22.5 Å². The van der Waals surface area contributed by atoms with E-state index < -0.39 is 0 Å². The minimum absolute atomic E-state index is 0.0988. The van der Waals surface area contributed by atoms with E-state index in [0.29, 0.717) is 5.13 Å². The molecule has 0 unspecified atom stereocenters. The average molecular weight is 288 g/mol. The quantitative estimate of drug-likeness (QED) is 0.786. The van der Waals surface area contributed by atoms with Gasteiger partial charge in [0.05, 0.1) is 5.52 Å². The summed E-state index contributed by atoms with van der Waals surface area (Å²) in [6.45, 7) is 2.09. The van der Waals surface area contributed by atoms with Crippen LogP contribution >= 0.6 is 11.3 Å². The molecule has 0 spiro atoms. The van der Waals surface area contributed by atoms with E-state index in [1.54, 1.807) is 4.68 Å². The molecule has 20 heavy (non-hydrogen) atoms. The van der Waals surface area contributed by atoms with Gasteiger partial charge in [-0.25, -0.2) is 4.68 Å². The lowest BCUT2D eigenvalue weighted by molar-refractivity contribution is -0.116. The molecule has 0 atom stereocenters. The molecule has 3 aromatic rings. The van der Waals surface area contributed by atoms with E-state index in [1.165, 1.54) is 11.3 Å². The van der Waals surface area contributed by atoms with Crippen LogP contribution in [0.15, 0.2) is 24.3 Å². The van der Waals surface area contributed by atoms with E-state index in [4.69, 9.17) is 0 Å². The van der Waals surface area contributed by atoms with Gasteiger partial charge in [-0.3, -0.25) is 10.1 Å². The topological polar surface area (TPSA) is 85.6 Å². The highest BCUT2D eigenvalue weighted by atomic mass is 32.1. The number of aryl methyl sites for hydroxylation is 1. The lowest BCUT2D eigenvalue weighted by Gasteiger charge is -2.01. The van der Waals surface area contributed by atoms with Crippen LogP contribution in [0.4, 0.5) is 5.13 Å². The number of para-hydroxylation sites is 1. The number of carbonyl (C=O) groups excluding carboxylic acids is 1. The molecule has 0 saturated carbocycles. The van der Waals surface area contributed by atoms with E-state index in [2.05, 4.69) is 25.8 Å². The van der Waals surface area contributed by atoms with Crippen molar-refractivity contribution in [3.05, 3.63) is 29.3 Å². The Morgan fingerprint density at radius 1 is 1.30 bits per heavy atom. The third-order valence-corrected chi connectivity index (χ3v) is 3.71. The summed E-state index contributed by atoms with van der Waals surface area (Å²) in [7, 11) is 0. The SMILES string of the molecule is CCc1nnc(NC(=O)Cn2nnc3ccccc32)s1. The van der Waals surface area contributed by atoms with Gasteiger partial charge in [-0.1, -0.05) is 35.6 Å². The Balaban J connectivity index is 1.72. The highest BCUT2D eigenvalue weighted by Crippen LogP contribution is 2.15. The van der Waals surface area contributed by atoms with Crippen LogP contribution in [0, 0.1) is 0 Å². The van der Waals surface area contributed by atoms with E-state index in [9.17, 15) is 4.79 Å². The van der Waals surface area contributed by atoms with Gasteiger partial charge in [0.1, 0.15) is 17.1 Å². The van der Waals surface area contributed by atoms with Crippen molar-refractivity contribution >= 4 is 33.4 Å². The van der Waals surface area contributed by atoms with E-state index >= 15 is 0 Å². The lowest BCUT2D eigenvalue weighted by Crippen LogP contribution is -2.19. The number of amides is 1. The molecule has 0 saturated heterocycles. The standard InChI is InChI=1S/C12H12N6OS/c1-2-11-15-16-12(20-11)13-10(19)7-18-9-6-4-3-5-8(9)14-17-18/h3-6H,2,7H2,1H3,(H,13,16,19). The van der Waals surface area contributed by atoms with Crippen molar-refractivity contribution in [1.82, 2.24) is 25.2 Å². The third-order valence-electron chi connectivity index (χ3n) is 2.73. The zero-order valence-electron chi connectivity index (χ0n) is 10.8. The Hall–Kier alpha value is -2.35. The molecule has 102 valence electrons. The second-order valence-electron chi connectivity index (χ2n) is 4.14. The zero-order valence-corrected chi connectivity index (χ0v) is 11.6. The normalized spacial score (nSPS) is 10.8. The Labute approximate surface area is 118 Å². The Bertz CT molecular complexity index is 749. The van der Waals surface area contributed by atoms with Gasteiger partial charge in [-0.05, 0) is 18.6 Å². The molecule has 0 fully saturated rings. The minimum atomic E-state index is -0.195. The second-order valence-corrected chi connectivity index (χ2v) is 5.20. The summed E-state index contributed by atoms with van der Waals surface area (Å²) in [5.41, 5.74) is 1.60. The highest BCUT2D eigenvalue weighted by Gasteiger charge is 2.11. The molecule has 2 heterocycles. The van der Waals surface area contributed by atoms with Crippen molar-refractivity contribution in [3.63, 3.8) is 0 Å². The van der Waals surface area contributed by atoms with Crippen LogP contribution in [0.1, 0.15) is 11.9 Å². The van der Waals surface area contributed by atoms with Gasteiger partial charge in [0, 0.05) is 0 Å². The first-order valence-electron chi connectivity index (χ1n) is 6.16. The summed E-state index contributed by atoms with van der Waals surface area (Å²) >= 11 is 1.38. The number of carbonyl (C=O) groups is 1. The molecule has 2 aromatic heterocycles. The van der Waals surface area contributed by atoms with Crippen LogP contribution in [0.2, 0.25) is 0 Å². The summed E-state index contributed by atoms with van der Waals surface area (Å²) in [5.74, 6) is -0.195. The van der Waals surface area contributed by atoms with Crippen LogP contribution in [0.5, 0.6) is 0 Å². The van der Waals surface area contributed by atoms with E-state index in [1.807, 2.05) is 31.2 Å². The first kappa shape index (κ1) is 12.7. The predicted molar refractivity (Wildman–Crippen MR) is 75.4 cm³/mol. The van der Waals surface area contributed by atoms with Gasteiger partial charge < -0.3 is 0 Å². The molecular weight excluding hydrogens is 276 g/mol. The lowest BCUT2D eigenvalue weighted by atomic mass is 10.3. The smallest absolute Gasteiger partial charge is 0.248 e. The number of nitrogens with zero attached hydrogens (tertiary/aromatic N) is 5. The summed E-state index contributed by atoms with van der Waals surface area (Å²) in [4.78, 5) is 12.0. The summed E-state index contributed by atoms with van der Waals surface area (Å²) in [5, 5.41) is 20.0. The molecule has 0 aliphatic rings. The molecule has 0 aliphatic carbocycles. The third kappa shape index (κ3) is 2.50. The maximum Gasteiger partial charge on any atom is 0.248 e. The average Bonchev–Trinajstić information content (AvgIpc) is 3.06. The zero-order chi connectivity index (χ0) is 13.9. The van der Waals surface area contributed by atoms with Gasteiger partial charge in [0.2, 0.25) is 11.0 Å². The van der Waals surface area contributed by atoms with Crippen molar-refractivity contribution in [2.75, 3.05) is 5.32 Å². The molecule has 7 nitrogen and oxygen atoms in total. The van der Waals surface area contributed by atoms with Gasteiger partial charge >= 0.3 is 0 Å². The largest absolute Gasteiger partial charge is 0.299 e. The molecule has 1 amide bonds. The number of nitrogens with one attached hydrogen (secondary N) is 1. The van der Waals surface area contributed by atoms with Gasteiger partial charge in [-0.2, -0.15) is 0 Å². The Morgan fingerprint density at radius 2 is 2.15 bits per heavy atom. The van der Waals surface area contributed by atoms with Gasteiger partial charge in [0.15, 0.2) is 0 Å². The predicted octanol–water partition coefficient (Wildman–Crippen LogP) is 1.48. The maximum absolute atomic E-state index is 12.0. The van der Waals surface area contributed by atoms with Gasteiger partial charge in [0.25, 0.3) is 0 Å². The summed E-state index contributed by atoms with van der Waals surface area (Å²) in [6, 6.07) is 7.51. The van der Waals surface area contributed by atoms with Gasteiger partial charge in [-0.15, -0.1) is 15.3 Å². The van der Waals surface area contributed by atoms with Crippen LogP contribution in [0.25, 0.3) is 11.0 Å². The number of benzene rings is 1. The van der Waals surface area contributed by atoms with Crippen LogP contribution in [-0.4, -0.2) is 31.1 Å². The fraction of sp³-hybridized carbons (Fsp3) is 0.250. The van der Waals surface area contributed by atoms with Crippen molar-refractivity contribution in [1.29, 1.82) is 0 Å². The Morgan fingerprint density at radius 3 is 2.95 bits per heavy atom. The van der Waals surface area contributed by atoms with Crippen molar-refractivity contribution in [3.8, 4) is 0 Å². The highest BCUT2D eigenvalue weighted by molar-refractivity contribution is 7.15. The molecule has 0 aliphatic heterocycles. The van der Waals surface area contributed by atoms with Crippen LogP contribution < -0.4 is 5.32 Å². The van der Waals surface area contributed by atoms with Crippen molar-refractivity contribution in [2.45, 2.75) is 19.9 Å². The number of fused-ring (bicyclic) bond motifs is 1. The molecule has 1 N–H and O–H groups in total. The summed E-state index contributed by atoms with van der Waals surface area (Å²) < 4.78 is 1.56. The maximum atomic E-state index is 12.0. The number of hydrogen-bond acceptors (Lipinski definition) is 6. The van der Waals surface area contributed by atoms with Crippen molar-refractivity contribution in [2.24, 2.45) is 0 Å². The van der Waals surface area contributed by atoms with Crippen LogP contribution in [-0.2, 0) is 17.8 Å². The van der Waals surface area contributed by atoms with Crippen molar-refractivity contribution < 1.29 is 4.79 Å². The first-order chi connectivity index (χ1) is 9.76. The number of aromatic nitrogens is 5. The first-order valence-corrected chi connectivity index (χ1v) is 6.98. The van der Waals surface area contributed by atoms with Crippen LogP contribution in [0.3, 0.4) is 0 Å². The second kappa shape index (κ2) is 5.33. The molecule has 3 rings (SSSR count). The number of hydrogen-bond donors (Lipinski definition) is 1. The monoisotopic (exact) mass is 288 g/mol. The summed E-state index contributed by atoms with van der Waals surface area (Å²) in [6.07, 6.45) is 0.807. The fourth-order valence-electron chi connectivity index (χ4n) is 1.78. The number of anilines is 1. The van der Waals surface area contributed by atoms with E-state index in [-0.39, 0.29) is 12.5 Å². The molecule has 1 aromatic carbocycles. The molecule has 8 heteroatoms. The number of rotatable bonds is 4. The Kier molecular flexibility index (Phi) is 3.38. The molecule has 0 bridgehead atoms. The molecule has 0 radical (unpaired) electrons. The molecular formula is C12H12N6OS.